The van der Waals surface area contributed by atoms with Crippen molar-refractivity contribution in [1.29, 1.82) is 0 Å². The van der Waals surface area contributed by atoms with E-state index in [-0.39, 0.29) is 11.5 Å². The minimum absolute atomic E-state index is 0.103. The Balaban J connectivity index is 0.00000132. The molecular formula is C30H50O. The van der Waals surface area contributed by atoms with Crippen LogP contribution in [0.1, 0.15) is 106 Å². The second-order valence-electron chi connectivity index (χ2n) is 11.7. The first-order chi connectivity index (χ1) is 14.7. The van der Waals surface area contributed by atoms with Gasteiger partial charge in [0.1, 0.15) is 0 Å². The second-order valence-corrected chi connectivity index (χ2v) is 11.7. The molecule has 2 saturated carbocycles. The highest BCUT2D eigenvalue weighted by Gasteiger charge is 2.55. The highest BCUT2D eigenvalue weighted by molar-refractivity contribution is 5.46. The summed E-state index contributed by atoms with van der Waals surface area (Å²) in [7, 11) is 0. The molecule has 176 valence electrons. The van der Waals surface area contributed by atoms with Crippen LogP contribution in [0.4, 0.5) is 0 Å². The topological polar surface area (TPSA) is 20.2 Å². The summed E-state index contributed by atoms with van der Waals surface area (Å²) in [4.78, 5) is 0. The van der Waals surface area contributed by atoms with Crippen LogP contribution in [0.5, 0.6) is 0 Å². The fraction of sp³-hybridized carbons (Fsp3) is 0.800. The Hall–Kier alpha value is -0.820. The molecule has 4 aliphatic rings. The predicted molar refractivity (Wildman–Crippen MR) is 135 cm³/mol. The summed E-state index contributed by atoms with van der Waals surface area (Å²) in [6, 6.07) is 0. The molecular weight excluding hydrogens is 376 g/mol. The molecule has 0 heterocycles. The van der Waals surface area contributed by atoms with E-state index in [1.54, 1.807) is 11.1 Å². The van der Waals surface area contributed by atoms with Gasteiger partial charge in [0.05, 0.1) is 6.10 Å². The van der Waals surface area contributed by atoms with Crippen LogP contribution in [-0.4, -0.2) is 11.2 Å². The van der Waals surface area contributed by atoms with Gasteiger partial charge in [-0.3, -0.25) is 0 Å². The van der Waals surface area contributed by atoms with Gasteiger partial charge in [-0.05, 0) is 109 Å². The molecule has 1 N–H and O–H groups in total. The van der Waals surface area contributed by atoms with Crippen LogP contribution < -0.4 is 0 Å². The van der Waals surface area contributed by atoms with E-state index in [0.717, 1.165) is 24.7 Å². The van der Waals surface area contributed by atoms with Crippen molar-refractivity contribution in [3.05, 3.63) is 35.5 Å². The maximum Gasteiger partial charge on any atom is 0.0569 e. The van der Waals surface area contributed by atoms with Gasteiger partial charge in [-0.2, -0.15) is 0 Å². The Labute approximate surface area is 193 Å². The van der Waals surface area contributed by atoms with Crippen molar-refractivity contribution in [3.63, 3.8) is 0 Å². The van der Waals surface area contributed by atoms with E-state index in [1.165, 1.54) is 50.5 Å². The molecule has 0 spiro atoms. The van der Waals surface area contributed by atoms with Gasteiger partial charge in [0.2, 0.25) is 0 Å². The summed E-state index contributed by atoms with van der Waals surface area (Å²) in [6.45, 7) is 20.2. The van der Waals surface area contributed by atoms with Crippen LogP contribution in [0.15, 0.2) is 35.5 Å². The zero-order valence-electron chi connectivity index (χ0n) is 21.6. The summed E-state index contributed by atoms with van der Waals surface area (Å²) in [5, 5.41) is 10.5. The fourth-order valence-corrected chi connectivity index (χ4v) is 7.72. The average molecular weight is 427 g/mol. The molecule has 4 aliphatic carbocycles. The number of hydrogen-bond donors (Lipinski definition) is 1. The summed E-state index contributed by atoms with van der Waals surface area (Å²) in [5.74, 6) is 3.29. The van der Waals surface area contributed by atoms with Crippen molar-refractivity contribution in [1.82, 2.24) is 0 Å². The van der Waals surface area contributed by atoms with E-state index in [2.05, 4.69) is 53.3 Å². The maximum atomic E-state index is 10.5. The Morgan fingerprint density at radius 2 is 1.87 bits per heavy atom. The summed E-state index contributed by atoms with van der Waals surface area (Å²) in [6.07, 6.45) is 16.4. The van der Waals surface area contributed by atoms with E-state index in [0.29, 0.717) is 23.2 Å². The quantitative estimate of drug-likeness (QED) is 0.437. The third-order valence-electron chi connectivity index (χ3n) is 10.1. The van der Waals surface area contributed by atoms with E-state index < -0.39 is 0 Å². The normalized spacial score (nSPS) is 41.3. The van der Waals surface area contributed by atoms with Crippen molar-refractivity contribution in [2.24, 2.45) is 40.4 Å². The van der Waals surface area contributed by atoms with Gasteiger partial charge in [-0.1, -0.05) is 72.8 Å². The van der Waals surface area contributed by atoms with Crippen molar-refractivity contribution < 1.29 is 5.11 Å². The molecule has 2 fully saturated rings. The van der Waals surface area contributed by atoms with Crippen molar-refractivity contribution in [3.8, 4) is 0 Å². The second kappa shape index (κ2) is 9.58. The van der Waals surface area contributed by atoms with E-state index in [9.17, 15) is 5.11 Å². The fourth-order valence-electron chi connectivity index (χ4n) is 7.72. The predicted octanol–water partition coefficient (Wildman–Crippen LogP) is 8.50. The molecule has 0 saturated heterocycles. The lowest BCUT2D eigenvalue weighted by atomic mass is 9.50. The van der Waals surface area contributed by atoms with E-state index in [1.807, 2.05) is 13.8 Å². The lowest BCUT2D eigenvalue weighted by molar-refractivity contribution is -0.0202. The molecule has 1 nitrogen and oxygen atoms in total. The lowest BCUT2D eigenvalue weighted by Crippen LogP contribution is -2.48. The average Bonchev–Trinajstić information content (AvgIpc) is 3.09. The molecule has 7 atom stereocenters. The molecule has 4 rings (SSSR count). The minimum Gasteiger partial charge on any atom is -0.393 e. The Morgan fingerprint density at radius 1 is 1.16 bits per heavy atom. The number of rotatable bonds is 5. The van der Waals surface area contributed by atoms with Gasteiger partial charge >= 0.3 is 0 Å². The van der Waals surface area contributed by atoms with Gasteiger partial charge in [-0.15, -0.1) is 0 Å². The number of aliphatic hydroxyl groups excluding tert-OH is 1. The summed E-state index contributed by atoms with van der Waals surface area (Å²) >= 11 is 0. The van der Waals surface area contributed by atoms with Crippen LogP contribution in [0, 0.1) is 40.4 Å². The third-order valence-corrected chi connectivity index (χ3v) is 10.1. The highest BCUT2D eigenvalue weighted by Crippen LogP contribution is 2.64. The van der Waals surface area contributed by atoms with Crippen molar-refractivity contribution in [2.45, 2.75) is 112 Å². The van der Waals surface area contributed by atoms with Crippen molar-refractivity contribution in [2.75, 3.05) is 0 Å². The summed E-state index contributed by atoms with van der Waals surface area (Å²) < 4.78 is 0. The lowest BCUT2D eigenvalue weighted by Gasteiger charge is -2.55. The van der Waals surface area contributed by atoms with Gasteiger partial charge in [-0.25, -0.2) is 0 Å². The van der Waals surface area contributed by atoms with Crippen LogP contribution in [0.3, 0.4) is 0 Å². The number of aliphatic hydroxyl groups is 1. The SMILES string of the molecule is C=C(CCCC1CCC2C3=CCC4C(C)C(O)CCC4(C)C3=CCC12C)C(C)C.CC. The van der Waals surface area contributed by atoms with Crippen LogP contribution >= 0.6 is 0 Å². The Morgan fingerprint density at radius 3 is 2.55 bits per heavy atom. The number of allylic oxidation sites excluding steroid dienone is 5. The maximum absolute atomic E-state index is 10.5. The highest BCUT2D eigenvalue weighted by atomic mass is 16.3. The van der Waals surface area contributed by atoms with Crippen LogP contribution in [0.25, 0.3) is 0 Å². The smallest absolute Gasteiger partial charge is 0.0569 e. The monoisotopic (exact) mass is 426 g/mol. The van der Waals surface area contributed by atoms with Crippen LogP contribution in [-0.2, 0) is 0 Å². The van der Waals surface area contributed by atoms with Crippen molar-refractivity contribution >= 4 is 0 Å². The largest absolute Gasteiger partial charge is 0.393 e. The van der Waals surface area contributed by atoms with Gasteiger partial charge < -0.3 is 5.11 Å². The van der Waals surface area contributed by atoms with Crippen LogP contribution in [0.2, 0.25) is 0 Å². The van der Waals surface area contributed by atoms with Gasteiger partial charge in [0.15, 0.2) is 0 Å². The first-order valence-electron chi connectivity index (χ1n) is 13.4. The standard InChI is InChI=1S/C28H44O.C2H6/c1-18(2)19(3)8-7-9-21-10-12-24-22-11-13-23-20(4)26(29)15-17-28(23,6)25(22)14-16-27(21,24)5;1-2/h11,14,18,20-21,23-24,26,29H,3,7-10,12-13,15-17H2,1-2,4-6H3;1-2H3. The minimum atomic E-state index is -0.103. The zero-order chi connectivity index (χ0) is 23.0. The van der Waals surface area contributed by atoms with Gasteiger partial charge in [0, 0.05) is 0 Å². The first-order valence-corrected chi connectivity index (χ1v) is 13.4. The first kappa shape index (κ1) is 24.8. The van der Waals surface area contributed by atoms with E-state index >= 15 is 0 Å². The Bertz CT molecular complexity index is 712. The molecule has 0 amide bonds. The molecule has 0 bridgehead atoms. The number of hydrogen-bond acceptors (Lipinski definition) is 1. The third kappa shape index (κ3) is 4.25. The molecule has 1 heteroatoms. The summed E-state index contributed by atoms with van der Waals surface area (Å²) in [5.41, 5.74) is 5.58. The van der Waals surface area contributed by atoms with Gasteiger partial charge in [0.25, 0.3) is 0 Å². The molecule has 0 aliphatic heterocycles. The molecule has 0 aromatic carbocycles. The molecule has 7 unspecified atom stereocenters. The van der Waals surface area contributed by atoms with E-state index in [4.69, 9.17) is 0 Å². The number of fused-ring (bicyclic) bond motifs is 5. The zero-order valence-corrected chi connectivity index (χ0v) is 21.6. The molecule has 0 aromatic rings. The Kier molecular flexibility index (Phi) is 7.67. The molecule has 0 aromatic heterocycles. The molecule has 31 heavy (non-hydrogen) atoms. The molecule has 0 radical (unpaired) electrons.